The van der Waals surface area contributed by atoms with Crippen LogP contribution in [0.2, 0.25) is 0 Å². The number of carbonyl (C=O) groups is 1. The average Bonchev–Trinajstić information content (AvgIpc) is 3.32. The number of nitrogens with one attached hydrogen (secondary N) is 1. The number of pyridine rings is 1. The molecule has 0 radical (unpaired) electrons. The summed E-state index contributed by atoms with van der Waals surface area (Å²) < 4.78 is 46.7. The molecular weight excluding hydrogens is 477 g/mol. The van der Waals surface area contributed by atoms with Crippen LogP contribution in [0.3, 0.4) is 0 Å². The fourth-order valence-corrected chi connectivity index (χ4v) is 4.94. The van der Waals surface area contributed by atoms with Crippen molar-refractivity contribution in [1.82, 2.24) is 19.8 Å². The quantitative estimate of drug-likeness (QED) is 0.376. The van der Waals surface area contributed by atoms with Gasteiger partial charge in [0.15, 0.2) is 5.11 Å². The molecule has 0 aliphatic carbocycles. The minimum atomic E-state index is -4.44. The summed E-state index contributed by atoms with van der Waals surface area (Å²) in [6.07, 6.45) is -2.61. The molecule has 1 aliphatic rings. The molecule has 0 bridgehead atoms. The zero-order valence-electron chi connectivity index (χ0n) is 19.5. The van der Waals surface area contributed by atoms with Crippen molar-refractivity contribution in [1.29, 1.82) is 0 Å². The summed E-state index contributed by atoms with van der Waals surface area (Å²) in [6, 6.07) is 12.2. The van der Waals surface area contributed by atoms with Gasteiger partial charge in [0, 0.05) is 29.8 Å². The SMILES string of the molecule is COC(=O)CCN1C(=S)N[C@H](c2ccccn2)[C@@H]1c1cc(C)n(-c2cccc(C(F)(F)F)c2)c1C. The first-order valence-electron chi connectivity index (χ1n) is 11.0. The van der Waals surface area contributed by atoms with Crippen LogP contribution in [0, 0.1) is 13.8 Å². The number of carbonyl (C=O) groups excluding carboxylic acids is 1. The van der Waals surface area contributed by atoms with Crippen LogP contribution in [0.4, 0.5) is 13.2 Å². The fourth-order valence-electron chi connectivity index (χ4n) is 4.60. The van der Waals surface area contributed by atoms with Crippen molar-refractivity contribution in [3.63, 3.8) is 0 Å². The van der Waals surface area contributed by atoms with Crippen molar-refractivity contribution >= 4 is 23.3 Å². The zero-order chi connectivity index (χ0) is 25.3. The highest BCUT2D eigenvalue weighted by atomic mass is 32.1. The second-order valence-electron chi connectivity index (χ2n) is 8.36. The third-order valence-electron chi connectivity index (χ3n) is 6.20. The van der Waals surface area contributed by atoms with Gasteiger partial charge in [0.1, 0.15) is 0 Å². The van der Waals surface area contributed by atoms with E-state index in [0.29, 0.717) is 17.3 Å². The van der Waals surface area contributed by atoms with E-state index in [1.165, 1.54) is 13.2 Å². The number of halogens is 3. The van der Waals surface area contributed by atoms with Gasteiger partial charge in [-0.15, -0.1) is 0 Å². The summed E-state index contributed by atoms with van der Waals surface area (Å²) in [5, 5.41) is 3.79. The summed E-state index contributed by atoms with van der Waals surface area (Å²) in [5.74, 6) is -0.359. The van der Waals surface area contributed by atoms with Crippen molar-refractivity contribution in [2.45, 2.75) is 38.5 Å². The predicted octanol–water partition coefficient (Wildman–Crippen LogP) is 5.04. The second-order valence-corrected chi connectivity index (χ2v) is 8.74. The Balaban J connectivity index is 1.80. The number of esters is 1. The maximum atomic E-state index is 13.4. The van der Waals surface area contributed by atoms with Gasteiger partial charge in [-0.25, -0.2) is 0 Å². The molecule has 35 heavy (non-hydrogen) atoms. The summed E-state index contributed by atoms with van der Waals surface area (Å²) in [7, 11) is 1.33. The van der Waals surface area contributed by atoms with E-state index in [-0.39, 0.29) is 24.5 Å². The molecule has 2 atom stereocenters. The van der Waals surface area contributed by atoms with Gasteiger partial charge in [-0.05, 0) is 68.0 Å². The smallest absolute Gasteiger partial charge is 0.416 e. The Morgan fingerprint density at radius 3 is 2.60 bits per heavy atom. The van der Waals surface area contributed by atoms with E-state index < -0.39 is 11.7 Å². The number of nitrogens with zero attached hydrogens (tertiary/aromatic N) is 3. The number of hydrogen-bond acceptors (Lipinski definition) is 4. The number of methoxy groups -OCH3 is 1. The second kappa shape index (κ2) is 9.69. The topological polar surface area (TPSA) is 59.4 Å². The van der Waals surface area contributed by atoms with Gasteiger partial charge < -0.3 is 19.5 Å². The molecule has 4 rings (SSSR count). The Labute approximate surface area is 206 Å². The molecule has 6 nitrogen and oxygen atoms in total. The summed E-state index contributed by atoms with van der Waals surface area (Å²) in [6.45, 7) is 4.05. The Morgan fingerprint density at radius 1 is 1.17 bits per heavy atom. The van der Waals surface area contributed by atoms with E-state index in [9.17, 15) is 18.0 Å². The molecule has 0 spiro atoms. The van der Waals surface area contributed by atoms with Crippen LogP contribution >= 0.6 is 12.2 Å². The number of ether oxygens (including phenoxy) is 1. The highest BCUT2D eigenvalue weighted by molar-refractivity contribution is 7.80. The van der Waals surface area contributed by atoms with E-state index in [4.69, 9.17) is 17.0 Å². The molecule has 1 aromatic carbocycles. The number of benzene rings is 1. The monoisotopic (exact) mass is 502 g/mol. The Kier molecular flexibility index (Phi) is 6.84. The lowest BCUT2D eigenvalue weighted by molar-refractivity contribution is -0.141. The first-order chi connectivity index (χ1) is 16.6. The van der Waals surface area contributed by atoms with Crippen molar-refractivity contribution in [3.8, 4) is 5.69 Å². The third kappa shape index (κ3) is 4.88. The molecule has 1 N–H and O–H groups in total. The molecule has 0 amide bonds. The number of rotatable bonds is 6. The maximum Gasteiger partial charge on any atom is 0.416 e. The van der Waals surface area contributed by atoms with Crippen LogP contribution in [0.15, 0.2) is 54.7 Å². The number of aromatic nitrogens is 2. The fraction of sp³-hybridized carbons (Fsp3) is 0.320. The van der Waals surface area contributed by atoms with E-state index in [1.54, 1.807) is 16.8 Å². The average molecular weight is 503 g/mol. The number of alkyl halides is 3. The van der Waals surface area contributed by atoms with Crippen molar-refractivity contribution in [3.05, 3.63) is 82.9 Å². The lowest BCUT2D eigenvalue weighted by Gasteiger charge is -2.28. The minimum Gasteiger partial charge on any atom is -0.469 e. The highest BCUT2D eigenvalue weighted by Crippen LogP contribution is 2.41. The summed E-state index contributed by atoms with van der Waals surface area (Å²) in [4.78, 5) is 18.3. The molecular formula is C25H25F3N4O2S. The van der Waals surface area contributed by atoms with Gasteiger partial charge in [0.2, 0.25) is 0 Å². The number of hydrogen-bond donors (Lipinski definition) is 1. The van der Waals surface area contributed by atoms with E-state index in [2.05, 4.69) is 10.3 Å². The van der Waals surface area contributed by atoms with Gasteiger partial charge in [0.05, 0.1) is 36.9 Å². The van der Waals surface area contributed by atoms with Gasteiger partial charge in [0.25, 0.3) is 0 Å². The molecule has 0 saturated carbocycles. The Bertz CT molecular complexity index is 1240. The zero-order valence-corrected chi connectivity index (χ0v) is 20.3. The Hall–Kier alpha value is -3.40. The van der Waals surface area contributed by atoms with Gasteiger partial charge in [-0.2, -0.15) is 13.2 Å². The normalized spacial score (nSPS) is 18.0. The first kappa shape index (κ1) is 24.7. The molecule has 3 heterocycles. The minimum absolute atomic E-state index is 0.135. The molecule has 1 aliphatic heterocycles. The summed E-state index contributed by atoms with van der Waals surface area (Å²) in [5.41, 5.74) is 2.92. The van der Waals surface area contributed by atoms with Crippen LogP contribution in [0.5, 0.6) is 0 Å². The van der Waals surface area contributed by atoms with Crippen molar-refractivity contribution in [2.75, 3.05) is 13.7 Å². The van der Waals surface area contributed by atoms with Crippen LogP contribution in [-0.2, 0) is 15.7 Å². The first-order valence-corrected chi connectivity index (χ1v) is 11.4. The molecule has 3 aromatic rings. The van der Waals surface area contributed by atoms with Gasteiger partial charge in [-0.3, -0.25) is 9.78 Å². The molecule has 0 unspecified atom stereocenters. The lowest BCUT2D eigenvalue weighted by atomic mass is 9.96. The maximum absolute atomic E-state index is 13.4. The van der Waals surface area contributed by atoms with Crippen LogP contribution in [0.25, 0.3) is 5.69 Å². The predicted molar refractivity (Wildman–Crippen MR) is 129 cm³/mol. The van der Waals surface area contributed by atoms with Crippen molar-refractivity contribution < 1.29 is 22.7 Å². The Morgan fingerprint density at radius 2 is 1.94 bits per heavy atom. The third-order valence-corrected chi connectivity index (χ3v) is 6.56. The molecule has 2 aromatic heterocycles. The largest absolute Gasteiger partial charge is 0.469 e. The number of aryl methyl sites for hydroxylation is 1. The molecule has 10 heteroatoms. The van der Waals surface area contributed by atoms with Gasteiger partial charge >= 0.3 is 12.1 Å². The highest BCUT2D eigenvalue weighted by Gasteiger charge is 2.41. The van der Waals surface area contributed by atoms with Crippen molar-refractivity contribution in [2.24, 2.45) is 0 Å². The van der Waals surface area contributed by atoms with Crippen LogP contribution in [0.1, 0.15) is 46.7 Å². The molecule has 184 valence electrons. The van der Waals surface area contributed by atoms with Crippen LogP contribution < -0.4 is 5.32 Å². The number of thiocarbonyl (C=S) groups is 1. The lowest BCUT2D eigenvalue weighted by Crippen LogP contribution is -2.32. The molecule has 1 fully saturated rings. The molecule has 1 saturated heterocycles. The van der Waals surface area contributed by atoms with Crippen LogP contribution in [-0.4, -0.2) is 39.2 Å². The van der Waals surface area contributed by atoms with Gasteiger partial charge in [-0.1, -0.05) is 12.1 Å². The van der Waals surface area contributed by atoms with E-state index in [0.717, 1.165) is 34.8 Å². The van der Waals surface area contributed by atoms with E-state index in [1.807, 2.05) is 43.0 Å². The standard InChI is InChI=1S/C25H25F3N4O2S/c1-15-13-19(16(2)32(15)18-8-6-7-17(14-18)25(26,27)28)23-22(20-9-4-5-11-29-20)30-24(35)31(23)12-10-21(33)34-3/h4-9,11,13-14,22-23H,10,12H2,1-3H3,(H,30,35)/t22-,23+/m1/s1. The summed E-state index contributed by atoms with van der Waals surface area (Å²) >= 11 is 5.62. The van der Waals surface area contributed by atoms with E-state index >= 15 is 0 Å².